The summed E-state index contributed by atoms with van der Waals surface area (Å²) in [5, 5.41) is 11.8. The van der Waals surface area contributed by atoms with Crippen LogP contribution in [-0.4, -0.2) is 45.3 Å². The summed E-state index contributed by atoms with van der Waals surface area (Å²) < 4.78 is 1.56. The summed E-state index contributed by atoms with van der Waals surface area (Å²) in [6, 6.07) is 15.6. The number of rotatable bonds is 7. The van der Waals surface area contributed by atoms with Gasteiger partial charge in [0, 0.05) is 49.6 Å². The highest BCUT2D eigenvalue weighted by atomic mass is 16.2. The molecule has 2 fully saturated rings. The number of piperidine rings is 1. The van der Waals surface area contributed by atoms with Gasteiger partial charge in [0.05, 0.1) is 17.7 Å². The van der Waals surface area contributed by atoms with Gasteiger partial charge in [-0.2, -0.15) is 0 Å². The Morgan fingerprint density at radius 2 is 1.79 bits per heavy atom. The molecule has 8 heteroatoms. The van der Waals surface area contributed by atoms with Gasteiger partial charge in [0.1, 0.15) is 0 Å². The third-order valence-electron chi connectivity index (χ3n) is 6.46. The zero-order chi connectivity index (χ0) is 22.6. The first-order chi connectivity index (χ1) is 16.2. The van der Waals surface area contributed by atoms with Crippen LogP contribution in [0.5, 0.6) is 0 Å². The number of aromatic nitrogens is 4. The lowest BCUT2D eigenvalue weighted by atomic mass is 9.96. The SMILES string of the molecule is O=C(NCCn1cnc(C2CC2)cc1=O)C1CCN(c2ccc(-c3ccccc3)nn2)CC1. The number of carbonyl (C=O) groups excluding carboxylic acids is 1. The third-order valence-corrected chi connectivity index (χ3v) is 6.46. The van der Waals surface area contributed by atoms with E-state index < -0.39 is 0 Å². The number of carbonyl (C=O) groups is 1. The number of benzene rings is 1. The van der Waals surface area contributed by atoms with Crippen LogP contribution in [0.4, 0.5) is 5.82 Å². The van der Waals surface area contributed by atoms with E-state index >= 15 is 0 Å². The van der Waals surface area contributed by atoms with E-state index in [9.17, 15) is 9.59 Å². The highest BCUT2D eigenvalue weighted by Gasteiger charge is 2.26. The summed E-state index contributed by atoms with van der Waals surface area (Å²) in [7, 11) is 0. The molecule has 0 radical (unpaired) electrons. The lowest BCUT2D eigenvalue weighted by molar-refractivity contribution is -0.125. The summed E-state index contributed by atoms with van der Waals surface area (Å²) in [6.45, 7) is 2.40. The number of nitrogens with zero attached hydrogens (tertiary/aromatic N) is 5. The molecule has 1 N–H and O–H groups in total. The molecule has 2 aromatic heterocycles. The summed E-state index contributed by atoms with van der Waals surface area (Å²) in [4.78, 5) is 31.4. The normalized spacial score (nSPS) is 16.5. The predicted molar refractivity (Wildman–Crippen MR) is 126 cm³/mol. The highest BCUT2D eigenvalue weighted by molar-refractivity contribution is 5.78. The topological polar surface area (TPSA) is 93.0 Å². The van der Waals surface area contributed by atoms with Crippen LogP contribution in [-0.2, 0) is 11.3 Å². The first-order valence-corrected chi connectivity index (χ1v) is 11.7. The minimum Gasteiger partial charge on any atom is -0.355 e. The zero-order valence-electron chi connectivity index (χ0n) is 18.6. The Morgan fingerprint density at radius 1 is 1.00 bits per heavy atom. The molecule has 0 unspecified atom stereocenters. The van der Waals surface area contributed by atoms with E-state index in [-0.39, 0.29) is 17.4 Å². The van der Waals surface area contributed by atoms with Gasteiger partial charge in [0.15, 0.2) is 5.82 Å². The van der Waals surface area contributed by atoms with E-state index in [0.29, 0.717) is 19.0 Å². The largest absolute Gasteiger partial charge is 0.355 e. The zero-order valence-corrected chi connectivity index (χ0v) is 18.6. The molecule has 1 aliphatic heterocycles. The number of anilines is 1. The maximum absolute atomic E-state index is 12.6. The Balaban J connectivity index is 1.08. The van der Waals surface area contributed by atoms with Crippen molar-refractivity contribution in [3.8, 4) is 11.3 Å². The molecule has 0 bridgehead atoms. The van der Waals surface area contributed by atoms with Crippen molar-refractivity contribution in [1.29, 1.82) is 0 Å². The van der Waals surface area contributed by atoms with Crippen molar-refractivity contribution >= 4 is 11.7 Å². The molecule has 1 saturated carbocycles. The molecule has 1 saturated heterocycles. The first-order valence-electron chi connectivity index (χ1n) is 11.7. The molecular formula is C25H28N6O2. The van der Waals surface area contributed by atoms with Gasteiger partial charge in [-0.15, -0.1) is 10.2 Å². The molecule has 5 rings (SSSR count). The smallest absolute Gasteiger partial charge is 0.253 e. The molecule has 3 aromatic rings. The van der Waals surface area contributed by atoms with Gasteiger partial charge in [-0.3, -0.25) is 14.2 Å². The van der Waals surface area contributed by atoms with Crippen molar-refractivity contribution in [1.82, 2.24) is 25.1 Å². The van der Waals surface area contributed by atoms with Crippen LogP contribution >= 0.6 is 0 Å². The fraction of sp³-hybridized carbons (Fsp3) is 0.400. The molecular weight excluding hydrogens is 416 g/mol. The summed E-state index contributed by atoms with van der Waals surface area (Å²) >= 11 is 0. The molecule has 1 amide bonds. The Bertz CT molecular complexity index is 1150. The maximum Gasteiger partial charge on any atom is 0.253 e. The second kappa shape index (κ2) is 9.52. The Labute approximate surface area is 192 Å². The van der Waals surface area contributed by atoms with Crippen molar-refractivity contribution in [2.45, 2.75) is 38.1 Å². The van der Waals surface area contributed by atoms with E-state index in [0.717, 1.165) is 61.5 Å². The van der Waals surface area contributed by atoms with E-state index in [1.807, 2.05) is 42.5 Å². The molecule has 8 nitrogen and oxygen atoms in total. The van der Waals surface area contributed by atoms with E-state index in [1.165, 1.54) is 0 Å². The molecule has 33 heavy (non-hydrogen) atoms. The predicted octanol–water partition coefficient (Wildman–Crippen LogP) is 2.61. The lowest BCUT2D eigenvalue weighted by Gasteiger charge is -2.31. The Morgan fingerprint density at radius 3 is 2.45 bits per heavy atom. The molecule has 170 valence electrons. The average molecular weight is 445 g/mol. The molecule has 2 aliphatic rings. The number of nitrogens with one attached hydrogen (secondary N) is 1. The monoisotopic (exact) mass is 444 g/mol. The van der Waals surface area contributed by atoms with Gasteiger partial charge < -0.3 is 10.2 Å². The Kier molecular flexibility index (Phi) is 6.15. The molecule has 3 heterocycles. The highest BCUT2D eigenvalue weighted by Crippen LogP contribution is 2.38. The first kappa shape index (κ1) is 21.3. The molecule has 0 atom stereocenters. The lowest BCUT2D eigenvalue weighted by Crippen LogP contribution is -2.42. The standard InChI is InChI=1S/C25H28N6O2/c32-24-16-22(19-6-7-19)27-17-31(24)15-12-26-25(33)20-10-13-30(14-11-20)23-9-8-21(28-29-23)18-4-2-1-3-5-18/h1-5,8-9,16-17,19-20H,6-7,10-15H2,(H,26,33). The van der Waals surface area contributed by atoms with Crippen LogP contribution in [0.2, 0.25) is 0 Å². The average Bonchev–Trinajstić information content (AvgIpc) is 3.71. The second-order valence-corrected chi connectivity index (χ2v) is 8.81. The summed E-state index contributed by atoms with van der Waals surface area (Å²) in [6.07, 6.45) is 5.38. The van der Waals surface area contributed by atoms with Gasteiger partial charge >= 0.3 is 0 Å². The van der Waals surface area contributed by atoms with Crippen LogP contribution in [0.1, 0.15) is 37.3 Å². The van der Waals surface area contributed by atoms with Gasteiger partial charge in [0.25, 0.3) is 5.56 Å². The minimum absolute atomic E-state index is 0.0232. The van der Waals surface area contributed by atoms with Crippen LogP contribution in [0.15, 0.2) is 59.7 Å². The van der Waals surface area contributed by atoms with Gasteiger partial charge in [0.2, 0.25) is 5.91 Å². The molecule has 1 aromatic carbocycles. The van der Waals surface area contributed by atoms with Crippen molar-refractivity contribution in [2.75, 3.05) is 24.5 Å². The van der Waals surface area contributed by atoms with Gasteiger partial charge in [-0.25, -0.2) is 4.98 Å². The summed E-state index contributed by atoms with van der Waals surface area (Å²) in [5.41, 5.74) is 2.74. The second-order valence-electron chi connectivity index (χ2n) is 8.81. The van der Waals surface area contributed by atoms with E-state index in [4.69, 9.17) is 0 Å². The van der Waals surface area contributed by atoms with Crippen LogP contribution in [0.3, 0.4) is 0 Å². The van der Waals surface area contributed by atoms with Crippen molar-refractivity contribution < 1.29 is 4.79 Å². The number of amides is 1. The molecule has 0 spiro atoms. The summed E-state index contributed by atoms with van der Waals surface area (Å²) in [5.74, 6) is 1.33. The van der Waals surface area contributed by atoms with E-state index in [1.54, 1.807) is 17.0 Å². The van der Waals surface area contributed by atoms with Gasteiger partial charge in [-0.1, -0.05) is 30.3 Å². The number of hydrogen-bond acceptors (Lipinski definition) is 6. The Hall–Kier alpha value is -3.55. The van der Waals surface area contributed by atoms with Gasteiger partial charge in [-0.05, 0) is 37.8 Å². The van der Waals surface area contributed by atoms with Crippen molar-refractivity contribution in [3.05, 3.63) is 70.9 Å². The fourth-order valence-electron chi connectivity index (χ4n) is 4.28. The van der Waals surface area contributed by atoms with Crippen LogP contribution < -0.4 is 15.8 Å². The third kappa shape index (κ3) is 5.10. The van der Waals surface area contributed by atoms with E-state index in [2.05, 4.69) is 25.4 Å². The minimum atomic E-state index is -0.0474. The quantitative estimate of drug-likeness (QED) is 0.602. The fourth-order valence-corrected chi connectivity index (χ4v) is 4.28. The maximum atomic E-state index is 12.6. The number of hydrogen-bond donors (Lipinski definition) is 1. The van der Waals surface area contributed by atoms with Crippen molar-refractivity contribution in [2.24, 2.45) is 5.92 Å². The van der Waals surface area contributed by atoms with Crippen molar-refractivity contribution in [3.63, 3.8) is 0 Å². The van der Waals surface area contributed by atoms with Crippen LogP contribution in [0, 0.1) is 5.92 Å². The molecule has 1 aliphatic carbocycles. The van der Waals surface area contributed by atoms with Crippen LogP contribution in [0.25, 0.3) is 11.3 Å².